The summed E-state index contributed by atoms with van der Waals surface area (Å²) in [6.45, 7) is 7.04. The minimum absolute atomic E-state index is 0.444. The SMILES string of the molecule is C=CC(=C)C(N)=NC. The smallest absolute Gasteiger partial charge is 0.124 e. The second-order valence-corrected chi connectivity index (χ2v) is 1.34. The molecule has 0 radical (unpaired) electrons. The van der Waals surface area contributed by atoms with Crippen LogP contribution in [0.1, 0.15) is 0 Å². The normalized spacial score (nSPS) is 10.9. The molecule has 44 valence electrons. The molecule has 2 heteroatoms. The van der Waals surface area contributed by atoms with Gasteiger partial charge in [-0.15, -0.1) is 0 Å². The first-order valence-electron chi connectivity index (χ1n) is 2.26. The highest BCUT2D eigenvalue weighted by atomic mass is 14.8. The van der Waals surface area contributed by atoms with Crippen molar-refractivity contribution >= 4 is 5.84 Å². The van der Waals surface area contributed by atoms with Crippen LogP contribution in [0.2, 0.25) is 0 Å². The first-order valence-corrected chi connectivity index (χ1v) is 2.26. The third-order valence-corrected chi connectivity index (χ3v) is 0.816. The van der Waals surface area contributed by atoms with Crippen LogP contribution in [0, 0.1) is 0 Å². The molecule has 0 heterocycles. The summed E-state index contributed by atoms with van der Waals surface area (Å²) in [4.78, 5) is 3.68. The third-order valence-electron chi connectivity index (χ3n) is 0.816. The summed E-state index contributed by atoms with van der Waals surface area (Å²) >= 11 is 0. The number of hydrogen-bond donors (Lipinski definition) is 1. The molecule has 0 amide bonds. The Hall–Kier alpha value is -1.05. The molecule has 0 atom stereocenters. The van der Waals surface area contributed by atoms with Crippen LogP contribution in [0.3, 0.4) is 0 Å². The van der Waals surface area contributed by atoms with Crippen LogP contribution in [0.5, 0.6) is 0 Å². The Bertz CT molecular complexity index is 133. The van der Waals surface area contributed by atoms with Gasteiger partial charge in [-0.1, -0.05) is 19.2 Å². The lowest BCUT2D eigenvalue weighted by molar-refractivity contribution is 1.40. The molecule has 2 N–H and O–H groups in total. The highest BCUT2D eigenvalue weighted by molar-refractivity contribution is 5.98. The van der Waals surface area contributed by atoms with E-state index in [4.69, 9.17) is 5.73 Å². The lowest BCUT2D eigenvalue weighted by Gasteiger charge is -1.93. The molecule has 0 aromatic heterocycles. The molecule has 0 aromatic carbocycles. The average molecular weight is 110 g/mol. The maximum Gasteiger partial charge on any atom is 0.124 e. The van der Waals surface area contributed by atoms with Gasteiger partial charge in [-0.2, -0.15) is 0 Å². The number of hydrogen-bond acceptors (Lipinski definition) is 1. The van der Waals surface area contributed by atoms with Crippen molar-refractivity contribution in [1.82, 2.24) is 0 Å². The zero-order valence-electron chi connectivity index (χ0n) is 5.02. The lowest BCUT2D eigenvalue weighted by atomic mass is 10.3. The van der Waals surface area contributed by atoms with Crippen molar-refractivity contribution in [3.63, 3.8) is 0 Å². The van der Waals surface area contributed by atoms with E-state index < -0.39 is 0 Å². The van der Waals surface area contributed by atoms with Gasteiger partial charge in [-0.25, -0.2) is 0 Å². The molecule has 0 bridgehead atoms. The maximum absolute atomic E-state index is 5.31. The summed E-state index contributed by atoms with van der Waals surface area (Å²) < 4.78 is 0. The Morgan fingerprint density at radius 3 is 2.38 bits per heavy atom. The molecule has 2 nitrogen and oxygen atoms in total. The molecule has 0 aliphatic heterocycles. The molecular formula is C6H10N2. The quantitative estimate of drug-likeness (QED) is 0.317. The minimum Gasteiger partial charge on any atom is -0.384 e. The van der Waals surface area contributed by atoms with Crippen molar-refractivity contribution < 1.29 is 0 Å². The van der Waals surface area contributed by atoms with Gasteiger partial charge in [0.1, 0.15) is 5.84 Å². The van der Waals surface area contributed by atoms with Crippen molar-refractivity contribution in [3.8, 4) is 0 Å². The number of amidine groups is 1. The predicted molar refractivity (Wildman–Crippen MR) is 36.9 cm³/mol. The molecule has 0 saturated heterocycles. The molecule has 0 rings (SSSR count). The number of nitrogens with two attached hydrogens (primary N) is 1. The number of nitrogens with zero attached hydrogens (tertiary/aromatic N) is 1. The van der Waals surface area contributed by atoms with Crippen molar-refractivity contribution in [2.75, 3.05) is 7.05 Å². The summed E-state index contributed by atoms with van der Waals surface area (Å²) in [6, 6.07) is 0. The van der Waals surface area contributed by atoms with Crippen molar-refractivity contribution in [1.29, 1.82) is 0 Å². The first kappa shape index (κ1) is 6.95. The van der Waals surface area contributed by atoms with Gasteiger partial charge in [0, 0.05) is 12.6 Å². The Morgan fingerprint density at radius 2 is 2.25 bits per heavy atom. The number of rotatable bonds is 2. The van der Waals surface area contributed by atoms with Crippen molar-refractivity contribution in [3.05, 3.63) is 24.8 Å². The van der Waals surface area contributed by atoms with Gasteiger partial charge in [0.05, 0.1) is 0 Å². The fourth-order valence-electron chi connectivity index (χ4n) is 0.248. The largest absolute Gasteiger partial charge is 0.384 e. The standard InChI is InChI=1S/C6H10N2/c1-4-5(2)6(7)8-3/h4H,1-2H2,3H3,(H2,7,8). The van der Waals surface area contributed by atoms with E-state index in [1.807, 2.05) is 0 Å². The Balaban J connectivity index is 4.03. The van der Waals surface area contributed by atoms with E-state index in [9.17, 15) is 0 Å². The van der Waals surface area contributed by atoms with Crippen LogP contribution in [0.15, 0.2) is 29.8 Å². The van der Waals surface area contributed by atoms with Gasteiger partial charge in [-0.05, 0) is 0 Å². The van der Waals surface area contributed by atoms with Gasteiger partial charge >= 0.3 is 0 Å². The zero-order chi connectivity index (χ0) is 6.57. The molecule has 0 spiro atoms. The third kappa shape index (κ3) is 1.60. The van der Waals surface area contributed by atoms with Crippen LogP contribution in [0.25, 0.3) is 0 Å². The molecule has 0 aromatic rings. The summed E-state index contributed by atoms with van der Waals surface area (Å²) in [6.07, 6.45) is 1.57. The molecule has 0 fully saturated rings. The van der Waals surface area contributed by atoms with Crippen molar-refractivity contribution in [2.24, 2.45) is 10.7 Å². The van der Waals surface area contributed by atoms with Crippen LogP contribution in [0.4, 0.5) is 0 Å². The van der Waals surface area contributed by atoms with E-state index in [0.717, 1.165) is 0 Å². The highest BCUT2D eigenvalue weighted by Crippen LogP contribution is 1.87. The van der Waals surface area contributed by atoms with E-state index in [-0.39, 0.29) is 0 Å². The van der Waals surface area contributed by atoms with E-state index >= 15 is 0 Å². The van der Waals surface area contributed by atoms with Crippen LogP contribution in [-0.2, 0) is 0 Å². The van der Waals surface area contributed by atoms with Gasteiger partial charge in [0.25, 0.3) is 0 Å². The summed E-state index contributed by atoms with van der Waals surface area (Å²) in [5.74, 6) is 0.444. The second-order valence-electron chi connectivity index (χ2n) is 1.34. The molecule has 8 heavy (non-hydrogen) atoms. The fraction of sp³-hybridized carbons (Fsp3) is 0.167. The second kappa shape index (κ2) is 3.02. The monoisotopic (exact) mass is 110 g/mol. The van der Waals surface area contributed by atoms with Crippen LogP contribution < -0.4 is 5.73 Å². The Labute approximate surface area is 49.4 Å². The van der Waals surface area contributed by atoms with Crippen molar-refractivity contribution in [2.45, 2.75) is 0 Å². The van der Waals surface area contributed by atoms with E-state index in [0.29, 0.717) is 11.4 Å². The Kier molecular flexibility index (Phi) is 2.62. The van der Waals surface area contributed by atoms with Gasteiger partial charge in [0.2, 0.25) is 0 Å². The van der Waals surface area contributed by atoms with E-state index in [1.54, 1.807) is 13.1 Å². The molecule has 0 aliphatic rings. The summed E-state index contributed by atoms with van der Waals surface area (Å²) in [5, 5.41) is 0. The summed E-state index contributed by atoms with van der Waals surface area (Å²) in [5.41, 5.74) is 5.98. The molecule has 0 saturated carbocycles. The van der Waals surface area contributed by atoms with E-state index in [1.165, 1.54) is 0 Å². The van der Waals surface area contributed by atoms with Gasteiger partial charge in [0.15, 0.2) is 0 Å². The minimum atomic E-state index is 0.444. The lowest BCUT2D eigenvalue weighted by Crippen LogP contribution is -2.11. The fourth-order valence-corrected chi connectivity index (χ4v) is 0.248. The van der Waals surface area contributed by atoms with Crippen LogP contribution in [-0.4, -0.2) is 12.9 Å². The molecular weight excluding hydrogens is 100 g/mol. The predicted octanol–water partition coefficient (Wildman–Crippen LogP) is 0.716. The molecule has 0 unspecified atom stereocenters. The average Bonchev–Trinajstić information content (AvgIpc) is 1.84. The van der Waals surface area contributed by atoms with Crippen LogP contribution >= 0.6 is 0 Å². The van der Waals surface area contributed by atoms with Gasteiger partial charge in [-0.3, -0.25) is 4.99 Å². The Morgan fingerprint density at radius 1 is 1.75 bits per heavy atom. The molecule has 0 aliphatic carbocycles. The maximum atomic E-state index is 5.31. The first-order chi connectivity index (χ1) is 3.72. The number of aliphatic imine (C=N–C) groups is 1. The highest BCUT2D eigenvalue weighted by Gasteiger charge is 1.87. The topological polar surface area (TPSA) is 38.4 Å². The zero-order valence-corrected chi connectivity index (χ0v) is 5.02. The van der Waals surface area contributed by atoms with E-state index in [2.05, 4.69) is 18.2 Å². The van der Waals surface area contributed by atoms with Gasteiger partial charge < -0.3 is 5.73 Å². The summed E-state index contributed by atoms with van der Waals surface area (Å²) in [7, 11) is 1.62.